The van der Waals surface area contributed by atoms with E-state index in [2.05, 4.69) is 21.9 Å². The van der Waals surface area contributed by atoms with Gasteiger partial charge in [0.15, 0.2) is 11.5 Å². The molecule has 2 aliphatic carbocycles. The number of hydrogen-bond donors (Lipinski definition) is 2. The van der Waals surface area contributed by atoms with Crippen LogP contribution in [0.4, 0.5) is 5.69 Å². The Bertz CT molecular complexity index is 1370. The number of carbonyl (C=O) groups excluding carboxylic acids is 2. The number of carbonyl (C=O) groups is 4. The quantitative estimate of drug-likeness (QED) is 0.519. The summed E-state index contributed by atoms with van der Waals surface area (Å²) in [6.45, 7) is 2.80. The summed E-state index contributed by atoms with van der Waals surface area (Å²) in [5.74, 6) is -2.17. The van der Waals surface area contributed by atoms with Crippen molar-refractivity contribution in [1.82, 2.24) is 4.90 Å². The van der Waals surface area contributed by atoms with Crippen molar-refractivity contribution in [1.29, 1.82) is 0 Å². The van der Waals surface area contributed by atoms with Gasteiger partial charge in [-0.2, -0.15) is 0 Å². The first kappa shape index (κ1) is 26.5. The second-order valence-electron chi connectivity index (χ2n) is 12.3. The maximum absolute atomic E-state index is 13.5. The van der Waals surface area contributed by atoms with E-state index in [9.17, 15) is 19.2 Å². The molecule has 5 aliphatic heterocycles. The number of ketones is 1. The van der Waals surface area contributed by atoms with E-state index in [0.29, 0.717) is 36.7 Å². The highest BCUT2D eigenvalue weighted by molar-refractivity contribution is 6.00. The Labute approximate surface area is 237 Å². The Morgan fingerprint density at radius 3 is 2.37 bits per heavy atom. The van der Waals surface area contributed by atoms with E-state index >= 15 is 0 Å². The minimum Gasteiger partial charge on any atom is -0.493 e. The molecule has 3 saturated heterocycles. The lowest BCUT2D eigenvalue weighted by atomic mass is 9.53. The van der Waals surface area contributed by atoms with Crippen LogP contribution in [0, 0.1) is 23.7 Å². The van der Waals surface area contributed by atoms with Crippen LogP contribution in [-0.4, -0.2) is 90.8 Å². The molecule has 2 saturated carbocycles. The van der Waals surface area contributed by atoms with Gasteiger partial charge < -0.3 is 29.3 Å². The molecule has 218 valence electrons. The van der Waals surface area contributed by atoms with Gasteiger partial charge in [-0.05, 0) is 36.9 Å². The van der Waals surface area contributed by atoms with Crippen molar-refractivity contribution in [2.24, 2.45) is 23.7 Å². The number of methoxy groups -OCH3 is 2. The molecule has 2 bridgehead atoms. The topological polar surface area (TPSA) is 143 Å². The summed E-state index contributed by atoms with van der Waals surface area (Å²) in [5, 5.41) is 17.1. The lowest BCUT2D eigenvalue weighted by molar-refractivity contribution is -0.152. The Hall–Kier alpha value is -3.44. The lowest BCUT2D eigenvalue weighted by Crippen LogP contribution is -2.69. The predicted molar refractivity (Wildman–Crippen MR) is 143 cm³/mol. The number of fused-ring (bicyclic) bond motifs is 2. The van der Waals surface area contributed by atoms with Crippen LogP contribution in [0.3, 0.4) is 0 Å². The van der Waals surface area contributed by atoms with Crippen LogP contribution in [0.2, 0.25) is 0 Å². The number of hydrogen-bond acceptors (Lipinski definition) is 8. The highest BCUT2D eigenvalue weighted by Crippen LogP contribution is 2.66. The van der Waals surface area contributed by atoms with E-state index in [1.807, 2.05) is 6.07 Å². The fraction of sp³-hybridized carbons (Fsp3) is 0.600. The number of carboxylic acid groups (broad SMARTS) is 2. The molecule has 1 spiro atoms. The summed E-state index contributed by atoms with van der Waals surface area (Å²) in [5.41, 5.74) is 3.85. The summed E-state index contributed by atoms with van der Waals surface area (Å²) in [4.78, 5) is 49.9. The van der Waals surface area contributed by atoms with Gasteiger partial charge in [0, 0.05) is 42.8 Å². The van der Waals surface area contributed by atoms with Crippen molar-refractivity contribution in [3.05, 3.63) is 29.3 Å². The van der Waals surface area contributed by atoms with Crippen molar-refractivity contribution in [3.63, 3.8) is 0 Å². The van der Waals surface area contributed by atoms with Gasteiger partial charge in [-0.15, -0.1) is 0 Å². The monoisotopic (exact) mass is 566 g/mol. The van der Waals surface area contributed by atoms with Gasteiger partial charge in [0.2, 0.25) is 5.91 Å². The fourth-order valence-electron chi connectivity index (χ4n) is 9.25. The maximum atomic E-state index is 13.5. The molecule has 5 heterocycles. The van der Waals surface area contributed by atoms with Gasteiger partial charge in [0.25, 0.3) is 0 Å². The van der Waals surface area contributed by atoms with Gasteiger partial charge in [-0.1, -0.05) is 11.6 Å². The summed E-state index contributed by atoms with van der Waals surface area (Å²) in [6, 6.07) is 4.87. The van der Waals surface area contributed by atoms with Crippen LogP contribution in [0.5, 0.6) is 11.5 Å². The molecule has 1 aromatic carbocycles. The van der Waals surface area contributed by atoms with Crippen LogP contribution < -0.4 is 14.4 Å². The van der Waals surface area contributed by atoms with Gasteiger partial charge in [-0.3, -0.25) is 24.1 Å². The molecule has 1 aromatic rings. The van der Waals surface area contributed by atoms with Crippen LogP contribution in [0.15, 0.2) is 23.8 Å². The maximum Gasteiger partial charge on any atom is 0.307 e. The molecule has 0 radical (unpaired) electrons. The molecular weight excluding hydrogens is 532 g/mol. The third kappa shape index (κ3) is 3.57. The number of carboxylic acids is 2. The Morgan fingerprint density at radius 2 is 1.71 bits per heavy atom. The number of ether oxygens (including phenoxy) is 3. The smallest absolute Gasteiger partial charge is 0.307 e. The van der Waals surface area contributed by atoms with Gasteiger partial charge in [0.1, 0.15) is 5.78 Å². The molecule has 11 nitrogen and oxygen atoms in total. The molecule has 8 atom stereocenters. The van der Waals surface area contributed by atoms with E-state index in [4.69, 9.17) is 24.4 Å². The Kier molecular flexibility index (Phi) is 5.99. The van der Waals surface area contributed by atoms with Crippen molar-refractivity contribution in [2.75, 3.05) is 38.8 Å². The average Bonchev–Trinajstić information content (AvgIpc) is 3.58. The second-order valence-corrected chi connectivity index (χ2v) is 12.3. The van der Waals surface area contributed by atoms with Crippen molar-refractivity contribution >= 4 is 29.3 Å². The first-order valence-electron chi connectivity index (χ1n) is 14.3. The number of nitrogens with zero attached hydrogens (tertiary/aromatic N) is 2. The number of benzene rings is 1. The van der Waals surface area contributed by atoms with Crippen molar-refractivity contribution in [2.45, 2.75) is 55.7 Å². The zero-order valence-electron chi connectivity index (χ0n) is 23.1. The molecule has 0 aromatic heterocycles. The molecule has 11 heteroatoms. The summed E-state index contributed by atoms with van der Waals surface area (Å²) in [7, 11) is 3.36. The van der Waals surface area contributed by atoms with Crippen LogP contribution in [0.1, 0.15) is 37.7 Å². The van der Waals surface area contributed by atoms with E-state index in [1.54, 1.807) is 19.8 Å². The molecule has 5 fully saturated rings. The van der Waals surface area contributed by atoms with Crippen molar-refractivity contribution < 1.29 is 43.6 Å². The number of amides is 1. The lowest BCUT2D eigenvalue weighted by Gasteiger charge is -2.58. The van der Waals surface area contributed by atoms with Crippen LogP contribution in [0.25, 0.3) is 0 Å². The third-order valence-corrected chi connectivity index (χ3v) is 10.8. The highest BCUT2D eigenvalue weighted by atomic mass is 16.5. The largest absolute Gasteiger partial charge is 0.493 e. The van der Waals surface area contributed by atoms with Gasteiger partial charge in [0.05, 0.1) is 56.9 Å². The zero-order chi connectivity index (χ0) is 28.8. The normalized spacial score (nSPS) is 37.5. The van der Waals surface area contributed by atoms with Gasteiger partial charge in [-0.25, -0.2) is 0 Å². The number of aliphatic carboxylic acids is 2. The molecule has 8 rings (SSSR count). The number of Topliss-reactive ketones (excluding diaryl/α,β-unsaturated/α-hetero) is 1. The Balaban J connectivity index is 0.000000196. The summed E-state index contributed by atoms with van der Waals surface area (Å²) >= 11 is 0. The van der Waals surface area contributed by atoms with Crippen LogP contribution >= 0.6 is 0 Å². The minimum atomic E-state index is -1.20. The van der Waals surface area contributed by atoms with Crippen LogP contribution in [-0.2, 0) is 29.3 Å². The molecule has 1 amide bonds. The first-order valence-corrected chi connectivity index (χ1v) is 14.3. The van der Waals surface area contributed by atoms with E-state index in [-0.39, 0.29) is 42.1 Å². The highest BCUT2D eigenvalue weighted by Gasteiger charge is 2.71. The predicted octanol–water partition coefficient (Wildman–Crippen LogP) is 1.86. The molecule has 7 aliphatic rings. The zero-order valence-corrected chi connectivity index (χ0v) is 23.1. The molecule has 41 heavy (non-hydrogen) atoms. The van der Waals surface area contributed by atoms with E-state index < -0.39 is 23.8 Å². The second kappa shape index (κ2) is 9.29. The number of rotatable bonds is 4. The minimum absolute atomic E-state index is 0.0242. The average molecular weight is 567 g/mol. The summed E-state index contributed by atoms with van der Waals surface area (Å²) < 4.78 is 17.6. The molecule has 1 unspecified atom stereocenters. The van der Waals surface area contributed by atoms with Crippen molar-refractivity contribution in [3.8, 4) is 11.5 Å². The number of piperidine rings is 2. The Morgan fingerprint density at radius 1 is 1.02 bits per heavy atom. The van der Waals surface area contributed by atoms with E-state index in [1.165, 1.54) is 12.0 Å². The third-order valence-electron chi connectivity index (χ3n) is 10.8. The first-order chi connectivity index (χ1) is 19.7. The SMILES string of the molecule is COc1cc2c(cc1OC)[C@@]13CCN4CC5=CCO[C@H]6CC(=O)N2[C@H]1C6[C@H]5C[C@H]43.O=C1C[C@@H](C(=O)O)[C@H](C(=O)O)C1. The molecule has 2 N–H and O–H groups in total. The standard InChI is InChI=1S/C23H26N2O4.C7H8O5/c1-27-16-8-14-15(9-17(16)28-2)25-20(26)10-18-21-13-7-19-23(14,22(21)25)4-5-24(19)11-12(13)3-6-29-18;8-3-1-4(6(9)10)5(2-3)7(11)12/h3,8-9,13,18-19,21-22H,4-7,10-11H2,1-2H3;4-5H,1-2H2,(H,9,10)(H,11,12)/t13-,18-,19-,21?,22-,23+;4-,5-/m01/s1. The van der Waals surface area contributed by atoms with Gasteiger partial charge >= 0.3 is 11.9 Å². The summed E-state index contributed by atoms with van der Waals surface area (Å²) in [6.07, 6.45) is 4.81. The van der Waals surface area contributed by atoms with E-state index in [0.717, 1.165) is 30.9 Å². The fourth-order valence-corrected chi connectivity index (χ4v) is 9.25. The number of anilines is 1. The molecular formula is C30H34N2O9.